The highest BCUT2D eigenvalue weighted by Gasteiger charge is 2.61. The average Bonchev–Trinajstić information content (AvgIpc) is 3.84. The molecule has 0 spiro atoms. The lowest BCUT2D eigenvalue weighted by Crippen LogP contribution is -2.60. The van der Waals surface area contributed by atoms with Crippen molar-refractivity contribution in [2.45, 2.75) is 114 Å². The molecule has 5 N–H and O–H groups in total. The molecule has 7 rings (SSSR count). The molecule has 13 nitrogen and oxygen atoms in total. The van der Waals surface area contributed by atoms with E-state index in [4.69, 9.17) is 14.3 Å². The second-order valence-electron chi connectivity index (χ2n) is 17.6. The van der Waals surface area contributed by atoms with Gasteiger partial charge in [0.15, 0.2) is 6.10 Å². The Labute approximate surface area is 339 Å². The van der Waals surface area contributed by atoms with Crippen molar-refractivity contribution in [2.75, 3.05) is 13.1 Å². The molecule has 3 aromatic carbocycles. The van der Waals surface area contributed by atoms with E-state index in [0.29, 0.717) is 6.42 Å². The number of nitrogens with zero attached hydrogens (tertiary/aromatic N) is 1. The van der Waals surface area contributed by atoms with Crippen molar-refractivity contribution in [3.05, 3.63) is 108 Å². The summed E-state index contributed by atoms with van der Waals surface area (Å²) in [5.74, 6) is -3.10. The highest BCUT2D eigenvalue weighted by Crippen LogP contribution is 2.41. The van der Waals surface area contributed by atoms with Crippen molar-refractivity contribution in [1.29, 1.82) is 0 Å². The molecule has 0 saturated carbocycles. The van der Waals surface area contributed by atoms with Gasteiger partial charge in [-0.2, -0.15) is 5.06 Å². The standard InChI is InChI=1S/C45H56N6O7/c1-44(2,3)56-35-26-51-37(38(35)57-45(4,5)6)36-39(58-51)43(55)47-25-30(21-27-15-9-7-10-16-27)48-40(52)33(22-28-17-11-8-12-18-28)49-41(53)34(50-42(36)54)23-29-24-46-32-20-14-13-19-31(29)32/h7-20,24,30,33-39,46H,21-23,25-26H2,1-6H3,(H,47,55)(H,48,52)(H,49,53)(H,50,54)/t30-,33+,34+,35-,36+,37-,38+,39-/m1/s1. The third kappa shape index (κ3) is 9.78. The van der Waals surface area contributed by atoms with E-state index in [9.17, 15) is 19.2 Å². The lowest BCUT2D eigenvalue weighted by atomic mass is 9.88. The van der Waals surface area contributed by atoms with Gasteiger partial charge >= 0.3 is 0 Å². The predicted octanol–water partition coefficient (Wildman–Crippen LogP) is 3.76. The maximum atomic E-state index is 15.0. The van der Waals surface area contributed by atoms with Gasteiger partial charge in [-0.15, -0.1) is 0 Å². The number of hydroxylamine groups is 2. The summed E-state index contributed by atoms with van der Waals surface area (Å²) in [6, 6.07) is 23.4. The van der Waals surface area contributed by atoms with Crippen LogP contribution in [-0.2, 0) is 52.8 Å². The van der Waals surface area contributed by atoms with Crippen LogP contribution in [0.2, 0.25) is 0 Å². The molecule has 0 unspecified atom stereocenters. The van der Waals surface area contributed by atoms with Crippen LogP contribution in [0.4, 0.5) is 0 Å². The fraction of sp³-hybridized carbons (Fsp3) is 0.467. The molecule has 4 amide bonds. The van der Waals surface area contributed by atoms with Crippen LogP contribution in [0.1, 0.15) is 58.2 Å². The van der Waals surface area contributed by atoms with Gasteiger partial charge in [0.25, 0.3) is 5.91 Å². The molecule has 3 aliphatic rings. The van der Waals surface area contributed by atoms with Crippen LogP contribution in [0, 0.1) is 5.92 Å². The van der Waals surface area contributed by atoms with E-state index < -0.39 is 83.2 Å². The second-order valence-corrected chi connectivity index (χ2v) is 17.6. The van der Waals surface area contributed by atoms with Crippen molar-refractivity contribution in [3.63, 3.8) is 0 Å². The lowest BCUT2D eigenvalue weighted by molar-refractivity contribution is -0.174. The van der Waals surface area contributed by atoms with E-state index in [1.54, 1.807) is 5.06 Å². The molecule has 3 aliphatic heterocycles. The van der Waals surface area contributed by atoms with Crippen LogP contribution < -0.4 is 21.3 Å². The van der Waals surface area contributed by atoms with Gasteiger partial charge in [-0.05, 0) is 70.7 Å². The van der Waals surface area contributed by atoms with Crippen LogP contribution in [0.15, 0.2) is 91.1 Å². The molecule has 308 valence electrons. The summed E-state index contributed by atoms with van der Waals surface area (Å²) in [6.45, 7) is 12.0. The van der Waals surface area contributed by atoms with Crippen LogP contribution in [-0.4, -0.2) is 100 Å². The molecule has 13 heteroatoms. The fourth-order valence-electron chi connectivity index (χ4n) is 8.32. The number of para-hydroxylation sites is 1. The Morgan fingerprint density at radius 1 is 0.672 bits per heavy atom. The van der Waals surface area contributed by atoms with Gasteiger partial charge in [0, 0.05) is 36.5 Å². The Kier molecular flexibility index (Phi) is 12.1. The zero-order chi connectivity index (χ0) is 41.2. The van der Waals surface area contributed by atoms with Crippen LogP contribution in [0.3, 0.4) is 0 Å². The summed E-state index contributed by atoms with van der Waals surface area (Å²) in [4.78, 5) is 68.0. The Bertz CT molecular complexity index is 2080. The van der Waals surface area contributed by atoms with Gasteiger partial charge in [0.05, 0.1) is 35.7 Å². The first-order valence-corrected chi connectivity index (χ1v) is 20.2. The number of aromatic amines is 1. The van der Waals surface area contributed by atoms with Crippen molar-refractivity contribution in [2.24, 2.45) is 5.92 Å². The third-order valence-corrected chi connectivity index (χ3v) is 10.7. The Morgan fingerprint density at radius 2 is 1.26 bits per heavy atom. The topological polar surface area (TPSA) is 163 Å². The number of carbonyl (C=O) groups is 4. The summed E-state index contributed by atoms with van der Waals surface area (Å²) in [5, 5.41) is 14.8. The van der Waals surface area contributed by atoms with Crippen molar-refractivity contribution in [1.82, 2.24) is 31.3 Å². The number of ether oxygens (including phenoxy) is 2. The van der Waals surface area contributed by atoms with E-state index in [1.807, 2.05) is 133 Å². The van der Waals surface area contributed by atoms with E-state index >= 15 is 0 Å². The minimum absolute atomic E-state index is 0.0468. The van der Waals surface area contributed by atoms with Gasteiger partial charge in [0.1, 0.15) is 24.3 Å². The van der Waals surface area contributed by atoms with E-state index in [1.165, 1.54) is 0 Å². The summed E-state index contributed by atoms with van der Waals surface area (Å²) >= 11 is 0. The number of hydrogen-bond donors (Lipinski definition) is 5. The molecule has 0 aliphatic carbocycles. The maximum absolute atomic E-state index is 15.0. The molecule has 0 bridgehead atoms. The highest BCUT2D eigenvalue weighted by molar-refractivity contribution is 5.96. The molecule has 3 fully saturated rings. The molecular weight excluding hydrogens is 737 g/mol. The second kappa shape index (κ2) is 17.0. The largest absolute Gasteiger partial charge is 0.368 e. The first kappa shape index (κ1) is 41.1. The monoisotopic (exact) mass is 792 g/mol. The zero-order valence-corrected chi connectivity index (χ0v) is 34.1. The summed E-state index contributed by atoms with van der Waals surface area (Å²) in [5.41, 5.74) is 2.31. The molecule has 8 atom stereocenters. The first-order chi connectivity index (χ1) is 27.6. The number of hydrogen-bond acceptors (Lipinski definition) is 8. The van der Waals surface area contributed by atoms with Crippen LogP contribution in [0.5, 0.6) is 0 Å². The number of carbonyl (C=O) groups excluding carboxylic acids is 4. The SMILES string of the molecule is CC(C)(C)O[C@@H]1[C@H]2[C@@H]3C(=O)N[C@@H](Cc4c[nH]c5ccccc45)C(=O)N[C@@H](Cc4ccccc4)C(=O)N[C@H](Cc4ccccc4)CNC(=O)[C@@H]3ON2C[C@H]1OC(C)(C)C. The molecular formula is C45H56N6O7. The lowest BCUT2D eigenvalue weighted by Gasteiger charge is -2.36. The van der Waals surface area contributed by atoms with Gasteiger partial charge < -0.3 is 35.7 Å². The first-order valence-electron chi connectivity index (χ1n) is 20.2. The Balaban J connectivity index is 1.28. The van der Waals surface area contributed by atoms with Crippen LogP contribution in [0.25, 0.3) is 10.9 Å². The van der Waals surface area contributed by atoms with Gasteiger partial charge in [0.2, 0.25) is 17.7 Å². The number of amides is 4. The normalized spacial score (nSPS) is 27.6. The Morgan fingerprint density at radius 3 is 1.93 bits per heavy atom. The smallest absolute Gasteiger partial charge is 0.252 e. The van der Waals surface area contributed by atoms with Gasteiger partial charge in [-0.1, -0.05) is 78.9 Å². The maximum Gasteiger partial charge on any atom is 0.252 e. The minimum atomic E-state index is -1.26. The number of aromatic nitrogens is 1. The summed E-state index contributed by atoms with van der Waals surface area (Å²) in [6.07, 6.45) is 0.135. The Hall–Kier alpha value is -5.08. The molecule has 4 heterocycles. The number of nitrogens with one attached hydrogen (secondary N) is 5. The van der Waals surface area contributed by atoms with Crippen molar-refractivity contribution >= 4 is 34.5 Å². The number of benzene rings is 3. The molecule has 3 saturated heterocycles. The molecule has 0 radical (unpaired) electrons. The number of fused-ring (bicyclic) bond motifs is 4. The van der Waals surface area contributed by atoms with Crippen LogP contribution >= 0.6 is 0 Å². The van der Waals surface area contributed by atoms with Crippen molar-refractivity contribution < 1.29 is 33.5 Å². The fourth-order valence-corrected chi connectivity index (χ4v) is 8.32. The van der Waals surface area contributed by atoms with Crippen molar-refractivity contribution in [3.8, 4) is 0 Å². The summed E-state index contributed by atoms with van der Waals surface area (Å²) in [7, 11) is 0. The number of H-pyrrole nitrogens is 1. The third-order valence-electron chi connectivity index (χ3n) is 10.7. The van der Waals surface area contributed by atoms with E-state index in [0.717, 1.165) is 27.6 Å². The van der Waals surface area contributed by atoms with E-state index in [-0.39, 0.29) is 25.9 Å². The minimum Gasteiger partial charge on any atom is -0.368 e. The highest BCUT2D eigenvalue weighted by atomic mass is 16.7. The molecule has 4 aromatic rings. The van der Waals surface area contributed by atoms with E-state index in [2.05, 4.69) is 26.3 Å². The predicted molar refractivity (Wildman–Crippen MR) is 219 cm³/mol. The average molecular weight is 793 g/mol. The van der Waals surface area contributed by atoms with Gasteiger partial charge in [-0.3, -0.25) is 24.0 Å². The quantitative estimate of drug-likeness (QED) is 0.180. The number of rotatable bonds is 8. The van der Waals surface area contributed by atoms with Gasteiger partial charge in [-0.25, -0.2) is 0 Å². The summed E-state index contributed by atoms with van der Waals surface area (Å²) < 4.78 is 13.2. The zero-order valence-electron chi connectivity index (χ0n) is 34.1. The molecule has 1 aromatic heterocycles. The molecule has 58 heavy (non-hydrogen) atoms.